The third-order valence-corrected chi connectivity index (χ3v) is 9.49. The Balaban J connectivity index is 1.08. The van der Waals surface area contributed by atoms with Crippen LogP contribution in [-0.2, 0) is 0 Å². The van der Waals surface area contributed by atoms with Crippen molar-refractivity contribution in [2.75, 3.05) is 0 Å². The van der Waals surface area contributed by atoms with Crippen LogP contribution in [0.25, 0.3) is 66.6 Å². The molecule has 4 heterocycles. The highest BCUT2D eigenvalue weighted by Crippen LogP contribution is 2.52. The highest BCUT2D eigenvalue weighted by atomic mass is 14.9. The minimum Gasteiger partial charge on any atom is -0.282 e. The molecule has 0 amide bonds. The molecule has 4 heteroatoms. The highest BCUT2D eigenvalue weighted by Gasteiger charge is 2.42. The summed E-state index contributed by atoms with van der Waals surface area (Å²) in [7, 11) is 0. The van der Waals surface area contributed by atoms with Gasteiger partial charge in [-0.05, 0) is 64.6 Å². The first-order valence-electron chi connectivity index (χ1n) is 15.3. The van der Waals surface area contributed by atoms with Crippen LogP contribution in [0.1, 0.15) is 29.8 Å². The number of pyridine rings is 3. The Bertz CT molecular complexity index is 2380. The van der Waals surface area contributed by atoms with Gasteiger partial charge in [0.1, 0.15) is 6.04 Å². The van der Waals surface area contributed by atoms with Crippen molar-refractivity contribution in [3.05, 3.63) is 151 Å². The van der Waals surface area contributed by atoms with E-state index in [4.69, 9.17) is 19.9 Å². The third-order valence-electron chi connectivity index (χ3n) is 9.49. The van der Waals surface area contributed by atoms with E-state index in [0.717, 1.165) is 49.5 Å². The zero-order chi connectivity index (χ0) is 30.0. The molecule has 3 aromatic heterocycles. The van der Waals surface area contributed by atoms with Crippen LogP contribution in [0.5, 0.6) is 0 Å². The van der Waals surface area contributed by atoms with Gasteiger partial charge in [-0.25, -0.2) is 4.98 Å². The molecule has 0 bridgehead atoms. The standard InChI is InChI=1S/C41H28N4/c1-41-22-20-31-7-5-24-43-38(31)40(41)44-25-21-34(41)28-14-10-26(11-15-28)27-12-16-29(17-13-27)36-32-8-2-3-9-35(32)45-39-33(36)19-18-30-6-4-23-42-37(30)39/h2-25,40H,1H3. The van der Waals surface area contributed by atoms with Gasteiger partial charge in [0.15, 0.2) is 0 Å². The van der Waals surface area contributed by atoms with E-state index in [1.807, 2.05) is 36.8 Å². The molecule has 7 aromatic rings. The second-order valence-corrected chi connectivity index (χ2v) is 12.1. The molecule has 2 unspecified atom stereocenters. The van der Waals surface area contributed by atoms with Crippen LogP contribution in [0.4, 0.5) is 0 Å². The molecule has 1 aliphatic carbocycles. The minimum absolute atomic E-state index is 0.0277. The van der Waals surface area contributed by atoms with Crippen molar-refractivity contribution in [2.45, 2.75) is 13.0 Å². The number of aromatic nitrogens is 3. The van der Waals surface area contributed by atoms with Gasteiger partial charge in [0.05, 0.1) is 22.2 Å². The molecule has 1 aliphatic heterocycles. The van der Waals surface area contributed by atoms with Gasteiger partial charge in [0.2, 0.25) is 0 Å². The second kappa shape index (κ2) is 9.90. The summed E-state index contributed by atoms with van der Waals surface area (Å²) in [4.78, 5) is 19.3. The van der Waals surface area contributed by atoms with Gasteiger partial charge in [0, 0.05) is 45.7 Å². The number of benzene rings is 4. The van der Waals surface area contributed by atoms with E-state index in [1.165, 1.54) is 27.8 Å². The Hall–Kier alpha value is -5.74. The first-order chi connectivity index (χ1) is 22.2. The van der Waals surface area contributed by atoms with Gasteiger partial charge in [-0.3, -0.25) is 15.0 Å². The van der Waals surface area contributed by atoms with Crippen molar-refractivity contribution < 1.29 is 0 Å². The van der Waals surface area contributed by atoms with Gasteiger partial charge < -0.3 is 0 Å². The maximum Gasteiger partial charge on any atom is 0.105 e. The van der Waals surface area contributed by atoms with Crippen molar-refractivity contribution >= 4 is 50.6 Å². The fourth-order valence-electron chi connectivity index (χ4n) is 7.17. The molecular formula is C41H28N4. The Morgan fingerprint density at radius 2 is 1.36 bits per heavy atom. The summed E-state index contributed by atoms with van der Waals surface area (Å²) in [6, 6.07) is 38.7. The molecule has 0 N–H and O–H groups in total. The topological polar surface area (TPSA) is 51.0 Å². The number of aliphatic imine (C=N–C) groups is 1. The average Bonchev–Trinajstić information content (AvgIpc) is 3.10. The van der Waals surface area contributed by atoms with E-state index >= 15 is 0 Å². The van der Waals surface area contributed by atoms with Crippen molar-refractivity contribution in [1.82, 2.24) is 15.0 Å². The van der Waals surface area contributed by atoms with Crippen molar-refractivity contribution in [1.29, 1.82) is 0 Å². The largest absolute Gasteiger partial charge is 0.282 e. The quantitative estimate of drug-likeness (QED) is 0.155. The summed E-state index contributed by atoms with van der Waals surface area (Å²) in [5, 5.41) is 3.35. The number of nitrogens with zero attached hydrogens (tertiary/aromatic N) is 4. The molecular weight excluding hydrogens is 548 g/mol. The number of hydrogen-bond acceptors (Lipinski definition) is 4. The van der Waals surface area contributed by atoms with Gasteiger partial charge in [0.25, 0.3) is 0 Å². The van der Waals surface area contributed by atoms with E-state index in [-0.39, 0.29) is 11.5 Å². The lowest BCUT2D eigenvalue weighted by atomic mass is 9.67. The fourth-order valence-corrected chi connectivity index (χ4v) is 7.17. The molecule has 9 rings (SSSR count). The number of allylic oxidation sites excluding steroid dienone is 1. The highest BCUT2D eigenvalue weighted by molar-refractivity contribution is 6.15. The first kappa shape index (κ1) is 25.7. The molecule has 0 spiro atoms. The van der Waals surface area contributed by atoms with Crippen LogP contribution in [0.2, 0.25) is 0 Å². The van der Waals surface area contributed by atoms with E-state index in [1.54, 1.807) is 0 Å². The molecule has 4 nitrogen and oxygen atoms in total. The normalized spacial score (nSPS) is 18.6. The predicted molar refractivity (Wildman–Crippen MR) is 186 cm³/mol. The number of hydrogen-bond donors (Lipinski definition) is 0. The molecule has 0 fully saturated rings. The van der Waals surface area contributed by atoms with E-state index in [2.05, 4.69) is 116 Å². The molecule has 0 saturated carbocycles. The van der Waals surface area contributed by atoms with Crippen LogP contribution in [0.3, 0.4) is 0 Å². The Morgan fingerprint density at radius 3 is 2.20 bits per heavy atom. The van der Waals surface area contributed by atoms with Gasteiger partial charge >= 0.3 is 0 Å². The van der Waals surface area contributed by atoms with Crippen LogP contribution in [0, 0.1) is 5.41 Å². The summed E-state index contributed by atoms with van der Waals surface area (Å²) in [5.74, 6) is 0. The van der Waals surface area contributed by atoms with Gasteiger partial charge in [-0.15, -0.1) is 0 Å². The molecule has 2 aliphatic rings. The van der Waals surface area contributed by atoms with E-state index in [0.29, 0.717) is 0 Å². The van der Waals surface area contributed by atoms with Crippen LogP contribution in [-0.4, -0.2) is 21.2 Å². The smallest absolute Gasteiger partial charge is 0.105 e. The van der Waals surface area contributed by atoms with Gasteiger partial charge in [-0.1, -0.05) is 103 Å². The summed E-state index contributed by atoms with van der Waals surface area (Å²) in [6.45, 7) is 2.27. The molecule has 4 aromatic carbocycles. The molecule has 0 radical (unpaired) electrons. The zero-order valence-corrected chi connectivity index (χ0v) is 24.7. The maximum absolute atomic E-state index is 5.06. The first-order valence-corrected chi connectivity index (χ1v) is 15.3. The van der Waals surface area contributed by atoms with Crippen molar-refractivity contribution in [2.24, 2.45) is 10.4 Å². The molecule has 0 saturated heterocycles. The Morgan fingerprint density at radius 1 is 0.622 bits per heavy atom. The monoisotopic (exact) mass is 576 g/mol. The Kier molecular flexibility index (Phi) is 5.66. The fraction of sp³-hybridized carbons (Fsp3) is 0.0732. The summed E-state index contributed by atoms with van der Waals surface area (Å²) in [5.41, 5.74) is 12.0. The lowest BCUT2D eigenvalue weighted by Crippen LogP contribution is -2.30. The summed E-state index contributed by atoms with van der Waals surface area (Å²) < 4.78 is 0. The van der Waals surface area contributed by atoms with E-state index in [9.17, 15) is 0 Å². The molecule has 212 valence electrons. The average molecular weight is 577 g/mol. The van der Waals surface area contributed by atoms with Crippen molar-refractivity contribution in [3.63, 3.8) is 0 Å². The lowest BCUT2D eigenvalue weighted by Gasteiger charge is -2.40. The van der Waals surface area contributed by atoms with Crippen LogP contribution in [0.15, 0.2) is 139 Å². The molecule has 45 heavy (non-hydrogen) atoms. The predicted octanol–water partition coefficient (Wildman–Crippen LogP) is 9.91. The SMILES string of the molecule is CC12C=Cc3cccnc3C1N=CC=C2c1ccc(-c2ccc(-c3c4ccccc4nc4c3ccc3cccnc34)cc2)cc1. The van der Waals surface area contributed by atoms with Crippen LogP contribution >= 0.6 is 0 Å². The number of para-hydroxylation sites is 1. The van der Waals surface area contributed by atoms with Crippen LogP contribution < -0.4 is 0 Å². The summed E-state index contributed by atoms with van der Waals surface area (Å²) >= 11 is 0. The number of rotatable bonds is 3. The number of dihydropyridines is 1. The number of fused-ring (bicyclic) bond motifs is 7. The minimum atomic E-state index is -0.254. The zero-order valence-electron chi connectivity index (χ0n) is 24.7. The lowest BCUT2D eigenvalue weighted by molar-refractivity contribution is 0.439. The second-order valence-electron chi connectivity index (χ2n) is 12.1. The van der Waals surface area contributed by atoms with Gasteiger partial charge in [-0.2, -0.15) is 0 Å². The van der Waals surface area contributed by atoms with Crippen molar-refractivity contribution in [3.8, 4) is 22.3 Å². The maximum atomic E-state index is 5.06. The summed E-state index contributed by atoms with van der Waals surface area (Å²) in [6.07, 6.45) is 12.3. The Labute approximate surface area is 261 Å². The molecule has 2 atom stereocenters. The van der Waals surface area contributed by atoms with E-state index < -0.39 is 0 Å². The third kappa shape index (κ3) is 3.99.